The maximum atomic E-state index is 14.6. The van der Waals surface area contributed by atoms with Crippen LogP contribution in [0.1, 0.15) is 114 Å². The van der Waals surface area contributed by atoms with Gasteiger partial charge in [0, 0.05) is 70.2 Å². The molecule has 0 saturated carbocycles. The van der Waals surface area contributed by atoms with E-state index in [2.05, 4.69) is 15.2 Å². The second kappa shape index (κ2) is 24.9. The zero-order valence-corrected chi connectivity index (χ0v) is 46.2. The van der Waals surface area contributed by atoms with E-state index >= 15 is 0 Å². The summed E-state index contributed by atoms with van der Waals surface area (Å²) in [7, 11) is 2.02. The molecule has 18 atom stereocenters. The number of hydrogen-bond donors (Lipinski definition) is 5. The Kier molecular flexibility index (Phi) is 20.7. The molecule has 2 aromatic rings. The van der Waals surface area contributed by atoms with E-state index in [0.29, 0.717) is 51.3 Å². The lowest BCUT2D eigenvalue weighted by Crippen LogP contribution is -2.62. The summed E-state index contributed by atoms with van der Waals surface area (Å²) < 4.78 is 64.0. The molecule has 0 bridgehead atoms. The number of aromatic nitrogens is 3. The van der Waals surface area contributed by atoms with Crippen molar-refractivity contribution in [3.63, 3.8) is 0 Å². The molecule has 0 amide bonds. The lowest BCUT2D eigenvalue weighted by atomic mass is 9.68. The molecule has 1 aromatic heterocycles. The predicted octanol–water partition coefficient (Wildman–Crippen LogP) is 3.64. The molecular formula is C52H89N5O14S. The number of esters is 1. The van der Waals surface area contributed by atoms with Crippen LogP contribution in [0.25, 0.3) is 0 Å². The molecule has 20 heteroatoms. The molecule has 4 heterocycles. The number of ether oxygens (including phenoxy) is 6. The molecule has 3 fully saturated rings. The molecule has 72 heavy (non-hydrogen) atoms. The number of nitrogens with zero attached hydrogens (tertiary/aromatic N) is 5. The SMILES string of the molecule is CC[C@H]1OC(=O)[C@H](C)[C@@H](C2C[C@@](C)(OC)[C@@H](O)[C@H](C)O2)[C@H](C)[C@@H](O[C@@H]2O[C@H](C)C[C@H](N(C)CCc3cn(CCCOc4ccc(S(=O)(=O)CC)cc4)nn3)[C@H]2O)[C@](C)(O)C[C@@H](C)CN(C)[C@H](C)[C@@H](O)[C@]1(C)O. The van der Waals surface area contributed by atoms with Gasteiger partial charge >= 0.3 is 5.97 Å². The van der Waals surface area contributed by atoms with Crippen LogP contribution in [0.2, 0.25) is 0 Å². The number of sulfone groups is 1. The minimum atomic E-state index is -3.29. The number of carbonyl (C=O) groups excluding carboxylic acids is 1. The van der Waals surface area contributed by atoms with Crippen LogP contribution in [0, 0.1) is 23.7 Å². The average Bonchev–Trinajstić information content (AvgIpc) is 3.79. The van der Waals surface area contributed by atoms with Gasteiger partial charge in [-0.2, -0.15) is 0 Å². The van der Waals surface area contributed by atoms with Gasteiger partial charge in [0.25, 0.3) is 0 Å². The second-order valence-electron chi connectivity index (χ2n) is 22.1. The van der Waals surface area contributed by atoms with Crippen LogP contribution >= 0.6 is 0 Å². The van der Waals surface area contributed by atoms with Gasteiger partial charge in [-0.15, -0.1) is 5.10 Å². The Morgan fingerprint density at radius 3 is 2.25 bits per heavy atom. The molecule has 3 aliphatic heterocycles. The molecule has 1 unspecified atom stereocenters. The van der Waals surface area contributed by atoms with Crippen molar-refractivity contribution in [3.8, 4) is 5.75 Å². The highest BCUT2D eigenvalue weighted by molar-refractivity contribution is 7.91. The van der Waals surface area contributed by atoms with Crippen molar-refractivity contribution in [2.24, 2.45) is 23.7 Å². The van der Waals surface area contributed by atoms with Crippen LogP contribution in [0.4, 0.5) is 0 Å². The third-order valence-electron chi connectivity index (χ3n) is 16.1. The summed E-state index contributed by atoms with van der Waals surface area (Å²) in [5.74, 6) is -2.56. The minimum Gasteiger partial charge on any atom is -0.494 e. The first-order valence-electron chi connectivity index (χ1n) is 26.1. The van der Waals surface area contributed by atoms with Crippen LogP contribution < -0.4 is 4.74 Å². The number of likely N-dealkylation sites (N-methyl/N-ethyl adjacent to an activating group) is 2. The number of cyclic esters (lactones) is 1. The molecule has 412 valence electrons. The molecule has 5 rings (SSSR count). The van der Waals surface area contributed by atoms with Gasteiger partial charge in [0.05, 0.1) is 64.5 Å². The Hall–Kier alpha value is -2.86. The van der Waals surface area contributed by atoms with Gasteiger partial charge in [-0.05, 0) is 111 Å². The summed E-state index contributed by atoms with van der Waals surface area (Å²) in [6.45, 7) is 21.4. The van der Waals surface area contributed by atoms with Crippen molar-refractivity contribution >= 4 is 15.8 Å². The van der Waals surface area contributed by atoms with Gasteiger partial charge in [-0.25, -0.2) is 8.42 Å². The van der Waals surface area contributed by atoms with Crippen LogP contribution in [0.3, 0.4) is 0 Å². The predicted molar refractivity (Wildman–Crippen MR) is 270 cm³/mol. The molecule has 3 saturated heterocycles. The van der Waals surface area contributed by atoms with Crippen LogP contribution in [0.15, 0.2) is 35.4 Å². The maximum Gasteiger partial charge on any atom is 0.309 e. The number of aryl methyl sites for hydroxylation is 1. The van der Waals surface area contributed by atoms with E-state index in [1.807, 2.05) is 46.0 Å². The Bertz CT molecular complexity index is 2130. The van der Waals surface area contributed by atoms with Crippen LogP contribution in [0.5, 0.6) is 5.75 Å². The highest BCUT2D eigenvalue weighted by Crippen LogP contribution is 2.45. The fraction of sp³-hybridized carbons (Fsp3) is 0.827. The van der Waals surface area contributed by atoms with Crippen LogP contribution in [-0.2, 0) is 51.3 Å². The van der Waals surface area contributed by atoms with E-state index in [-0.39, 0.29) is 41.9 Å². The molecule has 5 N–H and O–H groups in total. The summed E-state index contributed by atoms with van der Waals surface area (Å²) in [6, 6.07) is 5.43. The minimum absolute atomic E-state index is 0.0321. The second-order valence-corrected chi connectivity index (χ2v) is 24.3. The van der Waals surface area contributed by atoms with E-state index < -0.39 is 111 Å². The van der Waals surface area contributed by atoms with Gasteiger partial charge < -0.3 is 63.8 Å². The van der Waals surface area contributed by atoms with Crippen molar-refractivity contribution < 1.29 is 67.2 Å². The Morgan fingerprint density at radius 1 is 0.958 bits per heavy atom. The number of carbonyl (C=O) groups is 1. The first-order valence-corrected chi connectivity index (χ1v) is 27.7. The van der Waals surface area contributed by atoms with Crippen molar-refractivity contribution in [3.05, 3.63) is 36.2 Å². The molecule has 0 aliphatic carbocycles. The number of methoxy groups -OCH3 is 1. The topological polar surface area (TPSA) is 245 Å². The molecule has 0 spiro atoms. The van der Waals surface area contributed by atoms with Gasteiger partial charge in [0.2, 0.25) is 0 Å². The lowest BCUT2D eigenvalue weighted by Gasteiger charge is -2.51. The largest absolute Gasteiger partial charge is 0.494 e. The van der Waals surface area contributed by atoms with Gasteiger partial charge in [-0.1, -0.05) is 39.8 Å². The third kappa shape index (κ3) is 14.1. The highest BCUT2D eigenvalue weighted by atomic mass is 32.2. The monoisotopic (exact) mass is 1040 g/mol. The van der Waals surface area contributed by atoms with Gasteiger partial charge in [0.15, 0.2) is 16.1 Å². The molecule has 1 aromatic carbocycles. The van der Waals surface area contributed by atoms with E-state index in [0.717, 1.165) is 5.69 Å². The van der Waals surface area contributed by atoms with Crippen LogP contribution in [-0.4, -0.2) is 195 Å². The van der Waals surface area contributed by atoms with Gasteiger partial charge in [0.1, 0.15) is 35.8 Å². The zero-order chi connectivity index (χ0) is 53.7. The quantitative estimate of drug-likeness (QED) is 0.119. The third-order valence-corrected chi connectivity index (χ3v) is 17.9. The number of aliphatic hydroxyl groups excluding tert-OH is 3. The molecular weight excluding hydrogens is 951 g/mol. The first-order chi connectivity index (χ1) is 33.6. The standard InChI is InChI=1S/C52H89N5O14S/c1-15-42-52(11,63)45(59)35(7)56(13)29-31(3)27-50(9,62)47(33(5)43(34(6)48(61)70-42)41-28-51(10,66-14)46(60)36(8)69-41)71-49-44(58)40(26-32(4)68-49)55(12)24-22-37-30-57(54-53-37)23-17-25-67-38-18-20-39(21-19-38)72(64,65)16-2/h18-21,30-36,40-47,49,58-60,62-63H,15-17,22-29H2,1-14H3/t31-,32-,33+,34-,35-,36+,40+,41?,42-,43+,44-,45-,46+,47-,49+,50-,51-,52-/m1/s1. The first kappa shape index (κ1) is 60.0. The Labute approximate surface area is 428 Å². The smallest absolute Gasteiger partial charge is 0.309 e. The highest BCUT2D eigenvalue weighted by Gasteiger charge is 2.55. The number of aliphatic hydroxyl groups is 5. The zero-order valence-electron chi connectivity index (χ0n) is 45.4. The normalized spacial score (nSPS) is 39.3. The molecule has 19 nitrogen and oxygen atoms in total. The summed E-state index contributed by atoms with van der Waals surface area (Å²) in [5, 5.41) is 68.7. The van der Waals surface area contributed by atoms with Crippen molar-refractivity contribution in [1.29, 1.82) is 0 Å². The van der Waals surface area contributed by atoms with Crippen molar-refractivity contribution in [2.45, 2.75) is 210 Å². The number of hydrogen-bond acceptors (Lipinski definition) is 18. The van der Waals surface area contributed by atoms with E-state index in [1.54, 1.807) is 77.4 Å². The van der Waals surface area contributed by atoms with Gasteiger partial charge in [-0.3, -0.25) is 9.48 Å². The summed E-state index contributed by atoms with van der Waals surface area (Å²) >= 11 is 0. The molecule has 3 aliphatic rings. The fourth-order valence-electron chi connectivity index (χ4n) is 11.6. The molecule has 0 radical (unpaired) electrons. The summed E-state index contributed by atoms with van der Waals surface area (Å²) in [5.41, 5.74) is -3.71. The number of rotatable bonds is 16. The van der Waals surface area contributed by atoms with E-state index in [1.165, 1.54) is 14.0 Å². The summed E-state index contributed by atoms with van der Waals surface area (Å²) in [6.07, 6.45) is -4.38. The lowest BCUT2D eigenvalue weighted by molar-refractivity contribution is -0.302. The Morgan fingerprint density at radius 2 is 1.62 bits per heavy atom. The van der Waals surface area contributed by atoms with E-state index in [4.69, 9.17) is 28.4 Å². The van der Waals surface area contributed by atoms with E-state index in [9.17, 15) is 38.7 Å². The Balaban J connectivity index is 1.37. The maximum absolute atomic E-state index is 14.6. The van der Waals surface area contributed by atoms with Crippen molar-refractivity contribution in [1.82, 2.24) is 24.8 Å². The van der Waals surface area contributed by atoms with Crippen molar-refractivity contribution in [2.75, 3.05) is 46.7 Å². The average molecular weight is 1040 g/mol. The summed E-state index contributed by atoms with van der Waals surface area (Å²) in [4.78, 5) is 18.9. The fourth-order valence-corrected chi connectivity index (χ4v) is 12.4. The number of benzene rings is 1.